The van der Waals surface area contributed by atoms with E-state index < -0.39 is 16.0 Å². The van der Waals surface area contributed by atoms with Gasteiger partial charge < -0.3 is 14.2 Å². The lowest BCUT2D eigenvalue weighted by Crippen LogP contribution is -2.42. The highest BCUT2D eigenvalue weighted by Gasteiger charge is 2.47. The molecule has 0 saturated heterocycles. The quantitative estimate of drug-likeness (QED) is 0.378. The maximum Gasteiger partial charge on any atom is 0.339 e. The maximum absolute atomic E-state index is 13.7. The van der Waals surface area contributed by atoms with Gasteiger partial charge in [0, 0.05) is 51.9 Å². The molecule has 7 nitrogen and oxygen atoms in total. The lowest BCUT2D eigenvalue weighted by Gasteiger charge is -2.44. The molecule has 1 aliphatic heterocycles. The minimum Gasteiger partial charge on any atom is -0.492 e. The number of ether oxygens (including phenoxy) is 1. The monoisotopic (exact) mass is 603 g/mol. The number of carbonyl (C=O) groups excluding carboxylic acids is 2. The van der Waals surface area contributed by atoms with Crippen molar-refractivity contribution in [2.24, 2.45) is 10.8 Å². The van der Waals surface area contributed by atoms with E-state index in [-0.39, 0.29) is 43.8 Å². The summed E-state index contributed by atoms with van der Waals surface area (Å²) in [5, 5.41) is 3.84. The molecule has 1 heterocycles. The van der Waals surface area contributed by atoms with Gasteiger partial charge in [0.2, 0.25) is 5.75 Å². The minimum atomic E-state index is -4.33. The van der Waals surface area contributed by atoms with E-state index in [1.54, 1.807) is 6.07 Å². The topological polar surface area (TPSA) is 98.8 Å². The fraction of sp³-hybridized carbons (Fsp3) is 0.400. The Morgan fingerprint density at radius 2 is 1.32 bits per heavy atom. The summed E-state index contributed by atoms with van der Waals surface area (Å²) in [6, 6.07) is 8.71. The standard InChI is InChI=1S/C30H31Cl2NO6S/c1-29(2)12-20-25(22(34)14-29)24(26-21(33-20)13-30(3,4)15-23(26)35)18-10-11-19(32)28(27(18)38-5)39-40(36,37)17-8-6-16(31)7-9-17/h6-11,24,33H,12-15H2,1-5H3. The van der Waals surface area contributed by atoms with Gasteiger partial charge in [-0.15, -0.1) is 0 Å². The van der Waals surface area contributed by atoms with Gasteiger partial charge in [-0.05, 0) is 54.0 Å². The Morgan fingerprint density at radius 1 is 0.800 bits per heavy atom. The lowest BCUT2D eigenvalue weighted by atomic mass is 9.64. The first-order valence-corrected chi connectivity index (χ1v) is 15.1. The zero-order chi connectivity index (χ0) is 29.2. The Labute approximate surface area is 244 Å². The molecule has 10 heteroatoms. The van der Waals surface area contributed by atoms with Crippen LogP contribution in [-0.4, -0.2) is 27.1 Å². The fourth-order valence-electron chi connectivity index (χ4n) is 6.03. The first kappa shape index (κ1) is 28.7. The molecule has 0 fully saturated rings. The third-order valence-electron chi connectivity index (χ3n) is 7.62. The summed E-state index contributed by atoms with van der Waals surface area (Å²) in [4.78, 5) is 27.3. The van der Waals surface area contributed by atoms with E-state index in [2.05, 4.69) is 5.32 Å². The maximum atomic E-state index is 13.7. The van der Waals surface area contributed by atoms with Gasteiger partial charge in [0.15, 0.2) is 17.3 Å². The molecule has 0 amide bonds. The Balaban J connectivity index is 1.70. The van der Waals surface area contributed by atoms with Crippen molar-refractivity contribution in [1.82, 2.24) is 5.32 Å². The van der Waals surface area contributed by atoms with Gasteiger partial charge in [0.1, 0.15) is 4.90 Å². The zero-order valence-corrected chi connectivity index (χ0v) is 25.3. The Morgan fingerprint density at radius 3 is 1.82 bits per heavy atom. The van der Waals surface area contributed by atoms with Crippen LogP contribution in [0.15, 0.2) is 63.8 Å². The molecular formula is C30H31Cl2NO6S. The summed E-state index contributed by atoms with van der Waals surface area (Å²) in [6.45, 7) is 8.17. The predicted octanol–water partition coefficient (Wildman–Crippen LogP) is 6.74. The second kappa shape index (κ2) is 9.93. The number of carbonyl (C=O) groups is 2. The Bertz CT molecular complexity index is 1550. The number of benzene rings is 2. The van der Waals surface area contributed by atoms with Crippen molar-refractivity contribution in [2.75, 3.05) is 7.11 Å². The number of hydrogen-bond acceptors (Lipinski definition) is 7. The molecule has 3 aliphatic rings. The summed E-state index contributed by atoms with van der Waals surface area (Å²) in [5.74, 6) is -1.06. The average molecular weight is 605 g/mol. The molecule has 212 valence electrons. The van der Waals surface area contributed by atoms with Crippen LogP contribution in [0.5, 0.6) is 11.5 Å². The van der Waals surface area contributed by atoms with Crippen LogP contribution in [0.2, 0.25) is 10.0 Å². The van der Waals surface area contributed by atoms with Crippen LogP contribution in [0, 0.1) is 10.8 Å². The number of dihydropyridines is 1. The van der Waals surface area contributed by atoms with Crippen LogP contribution in [0.3, 0.4) is 0 Å². The summed E-state index contributed by atoms with van der Waals surface area (Å²) in [7, 11) is -2.95. The highest BCUT2D eigenvalue weighted by molar-refractivity contribution is 7.87. The molecule has 5 rings (SSSR count). The highest BCUT2D eigenvalue weighted by atomic mass is 35.5. The van der Waals surface area contributed by atoms with Crippen molar-refractivity contribution >= 4 is 44.9 Å². The Kier molecular flexibility index (Phi) is 7.12. The van der Waals surface area contributed by atoms with Crippen molar-refractivity contribution in [3.8, 4) is 11.5 Å². The molecule has 2 aromatic rings. The van der Waals surface area contributed by atoms with E-state index >= 15 is 0 Å². The van der Waals surface area contributed by atoms with E-state index in [1.807, 2.05) is 27.7 Å². The van der Waals surface area contributed by atoms with Crippen LogP contribution in [0.25, 0.3) is 0 Å². The van der Waals surface area contributed by atoms with Crippen molar-refractivity contribution in [3.05, 3.63) is 74.5 Å². The number of hydrogen-bond donors (Lipinski definition) is 1. The number of methoxy groups -OCH3 is 1. The number of allylic oxidation sites excluding steroid dienone is 4. The first-order valence-electron chi connectivity index (χ1n) is 13.0. The number of nitrogens with one attached hydrogen (secondary N) is 1. The smallest absolute Gasteiger partial charge is 0.339 e. The van der Waals surface area contributed by atoms with E-state index in [0.29, 0.717) is 47.4 Å². The number of ketones is 2. The van der Waals surface area contributed by atoms with E-state index in [1.165, 1.54) is 37.4 Å². The SMILES string of the molecule is COc1c(C2C3=C(CC(C)(C)CC3=O)NC3=C2C(=O)CC(C)(C)C3)ccc(Cl)c1OS(=O)(=O)c1ccc(Cl)cc1. The second-order valence-corrected chi connectivity index (χ2v) is 14.6. The van der Waals surface area contributed by atoms with E-state index in [4.69, 9.17) is 32.1 Å². The summed E-state index contributed by atoms with van der Waals surface area (Å²) in [5.41, 5.74) is 2.48. The molecule has 2 aromatic carbocycles. The Hall–Kier alpha value is -2.81. The van der Waals surface area contributed by atoms with Gasteiger partial charge in [-0.2, -0.15) is 8.42 Å². The molecule has 0 saturated carbocycles. The summed E-state index contributed by atoms with van der Waals surface area (Å²) >= 11 is 12.4. The van der Waals surface area contributed by atoms with Crippen molar-refractivity contribution in [3.63, 3.8) is 0 Å². The third-order valence-corrected chi connectivity index (χ3v) is 9.41. The minimum absolute atomic E-state index is 0.00249. The summed E-state index contributed by atoms with van der Waals surface area (Å²) in [6.07, 6.45) is 1.88. The molecule has 40 heavy (non-hydrogen) atoms. The normalized spacial score (nSPS) is 20.6. The predicted molar refractivity (Wildman–Crippen MR) is 153 cm³/mol. The van der Waals surface area contributed by atoms with Gasteiger partial charge >= 0.3 is 10.1 Å². The first-order chi connectivity index (χ1) is 18.6. The molecule has 0 spiro atoms. The average Bonchev–Trinajstić information content (AvgIpc) is 2.82. The number of halogens is 2. The highest BCUT2D eigenvalue weighted by Crippen LogP contribution is 2.54. The van der Waals surface area contributed by atoms with E-state index in [9.17, 15) is 18.0 Å². The van der Waals surface area contributed by atoms with Crippen LogP contribution >= 0.6 is 23.2 Å². The van der Waals surface area contributed by atoms with Gasteiger partial charge in [-0.3, -0.25) is 9.59 Å². The van der Waals surface area contributed by atoms with Gasteiger partial charge in [-0.25, -0.2) is 0 Å². The van der Waals surface area contributed by atoms with Gasteiger partial charge in [0.05, 0.1) is 12.1 Å². The molecule has 0 radical (unpaired) electrons. The summed E-state index contributed by atoms with van der Waals surface area (Å²) < 4.78 is 37.7. The van der Waals surface area contributed by atoms with Crippen LogP contribution < -0.4 is 14.2 Å². The number of Topliss-reactive ketones (excluding diaryl/α,β-unsaturated/α-hetero) is 2. The molecule has 0 unspecified atom stereocenters. The van der Waals surface area contributed by atoms with Crippen LogP contribution in [0.1, 0.15) is 64.9 Å². The molecule has 2 aliphatic carbocycles. The van der Waals surface area contributed by atoms with E-state index in [0.717, 1.165) is 11.4 Å². The van der Waals surface area contributed by atoms with Crippen molar-refractivity contribution in [1.29, 1.82) is 0 Å². The molecule has 0 aromatic heterocycles. The van der Waals surface area contributed by atoms with Crippen molar-refractivity contribution in [2.45, 2.75) is 64.2 Å². The van der Waals surface area contributed by atoms with Crippen LogP contribution in [0.4, 0.5) is 0 Å². The number of rotatable bonds is 5. The van der Waals surface area contributed by atoms with Gasteiger partial charge in [0.25, 0.3) is 0 Å². The molecule has 0 atom stereocenters. The second-order valence-electron chi connectivity index (χ2n) is 12.2. The van der Waals surface area contributed by atoms with Gasteiger partial charge in [-0.1, -0.05) is 57.0 Å². The lowest BCUT2D eigenvalue weighted by molar-refractivity contribution is -0.119. The fourth-order valence-corrected chi connectivity index (χ4v) is 7.34. The molecular weight excluding hydrogens is 573 g/mol. The molecule has 0 bridgehead atoms. The largest absolute Gasteiger partial charge is 0.492 e. The molecule has 1 N–H and O–H groups in total. The zero-order valence-electron chi connectivity index (χ0n) is 23.0. The van der Waals surface area contributed by atoms with Crippen molar-refractivity contribution < 1.29 is 26.9 Å². The third kappa shape index (κ3) is 5.17. The van der Waals surface area contributed by atoms with Crippen LogP contribution in [-0.2, 0) is 19.7 Å².